The molecule has 0 radical (unpaired) electrons. The monoisotopic (exact) mass is 344 g/mol. The van der Waals surface area contributed by atoms with Crippen LogP contribution in [0.25, 0.3) is 0 Å². The zero-order valence-corrected chi connectivity index (χ0v) is 13.8. The maximum absolute atomic E-state index is 12.3. The Balaban J connectivity index is 1.52. The molecule has 2 heterocycles. The van der Waals surface area contributed by atoms with E-state index >= 15 is 0 Å². The topological polar surface area (TPSA) is 95.0 Å². The van der Waals surface area contributed by atoms with Crippen molar-refractivity contribution in [1.82, 2.24) is 9.80 Å². The summed E-state index contributed by atoms with van der Waals surface area (Å²) in [7, 11) is 0. The molecule has 0 aliphatic carbocycles. The van der Waals surface area contributed by atoms with E-state index in [0.29, 0.717) is 36.9 Å². The Morgan fingerprint density at radius 1 is 1.12 bits per heavy atom. The first-order valence-electron chi connectivity index (χ1n) is 8.45. The molecule has 1 N–H and O–H groups in total. The third-order valence-corrected chi connectivity index (χ3v) is 4.77. The van der Waals surface area contributed by atoms with Gasteiger partial charge in [0.2, 0.25) is 5.91 Å². The number of hydrogen-bond donors (Lipinski definition) is 1. The number of aliphatic carboxylic acids is 1. The number of carboxylic acids is 1. The van der Waals surface area contributed by atoms with Crippen molar-refractivity contribution in [3.8, 4) is 0 Å². The van der Waals surface area contributed by atoms with Crippen molar-refractivity contribution in [1.29, 1.82) is 0 Å². The average molecular weight is 344 g/mol. The molecule has 132 valence electrons. The SMILES string of the molecule is O=C(O)[C@@H]1CCCN(C(=O)CCCN2C(=O)c3ccccc3C2=O)C1. The molecule has 0 saturated carbocycles. The molecule has 0 spiro atoms. The molecule has 1 atom stereocenters. The second kappa shape index (κ2) is 7.04. The van der Waals surface area contributed by atoms with Crippen LogP contribution < -0.4 is 0 Å². The van der Waals surface area contributed by atoms with E-state index in [1.807, 2.05) is 0 Å². The normalized spacial score (nSPS) is 19.9. The van der Waals surface area contributed by atoms with E-state index < -0.39 is 11.9 Å². The molecule has 1 aromatic rings. The van der Waals surface area contributed by atoms with Gasteiger partial charge in [-0.05, 0) is 31.4 Å². The zero-order valence-electron chi connectivity index (χ0n) is 13.8. The molecule has 3 rings (SSSR count). The fourth-order valence-electron chi connectivity index (χ4n) is 3.39. The van der Waals surface area contributed by atoms with Crippen LogP contribution in [0.5, 0.6) is 0 Å². The van der Waals surface area contributed by atoms with E-state index in [0.717, 1.165) is 0 Å². The highest BCUT2D eigenvalue weighted by Crippen LogP contribution is 2.23. The Morgan fingerprint density at radius 2 is 1.76 bits per heavy atom. The predicted octanol–water partition coefficient (Wildman–Crippen LogP) is 1.39. The number of carbonyl (C=O) groups excluding carboxylic acids is 3. The van der Waals surface area contributed by atoms with Crippen LogP contribution in [0.4, 0.5) is 0 Å². The number of benzene rings is 1. The van der Waals surface area contributed by atoms with Crippen LogP contribution in [0.15, 0.2) is 24.3 Å². The largest absolute Gasteiger partial charge is 0.481 e. The molecule has 7 heteroatoms. The third-order valence-electron chi connectivity index (χ3n) is 4.77. The highest BCUT2D eigenvalue weighted by atomic mass is 16.4. The summed E-state index contributed by atoms with van der Waals surface area (Å²) in [6.45, 7) is 0.991. The van der Waals surface area contributed by atoms with E-state index in [-0.39, 0.29) is 37.2 Å². The minimum atomic E-state index is -0.872. The number of carboxylic acid groups (broad SMARTS) is 1. The van der Waals surface area contributed by atoms with Crippen LogP contribution in [0, 0.1) is 5.92 Å². The van der Waals surface area contributed by atoms with Crippen LogP contribution >= 0.6 is 0 Å². The molecule has 0 bridgehead atoms. The Hall–Kier alpha value is -2.70. The standard InChI is InChI=1S/C18H20N2O5/c21-15(19-9-3-5-12(11-19)18(24)25)8-4-10-20-16(22)13-6-1-2-7-14(13)17(20)23/h1-2,6-7,12H,3-5,8-11H2,(H,24,25)/t12-/m1/s1. The lowest BCUT2D eigenvalue weighted by molar-refractivity contribution is -0.145. The lowest BCUT2D eigenvalue weighted by atomic mass is 9.98. The molecule has 1 saturated heterocycles. The van der Waals surface area contributed by atoms with Crippen molar-refractivity contribution in [2.75, 3.05) is 19.6 Å². The first-order valence-corrected chi connectivity index (χ1v) is 8.45. The summed E-state index contributed by atoms with van der Waals surface area (Å²) >= 11 is 0. The first-order chi connectivity index (χ1) is 12.0. The van der Waals surface area contributed by atoms with Crippen LogP contribution in [0.1, 0.15) is 46.4 Å². The molecule has 1 fully saturated rings. The van der Waals surface area contributed by atoms with Gasteiger partial charge in [-0.2, -0.15) is 0 Å². The lowest BCUT2D eigenvalue weighted by Gasteiger charge is -2.30. The number of rotatable bonds is 5. The highest BCUT2D eigenvalue weighted by molar-refractivity contribution is 6.21. The summed E-state index contributed by atoms with van der Waals surface area (Å²) in [6.07, 6.45) is 1.84. The van der Waals surface area contributed by atoms with Crippen LogP contribution in [-0.4, -0.2) is 58.2 Å². The molecule has 0 unspecified atom stereocenters. The second-order valence-electron chi connectivity index (χ2n) is 6.43. The van der Waals surface area contributed by atoms with Crippen molar-refractivity contribution in [2.24, 2.45) is 5.92 Å². The van der Waals surface area contributed by atoms with Gasteiger partial charge in [0.05, 0.1) is 17.0 Å². The smallest absolute Gasteiger partial charge is 0.308 e. The number of imide groups is 1. The predicted molar refractivity (Wildman–Crippen MR) is 88.0 cm³/mol. The number of piperidine rings is 1. The molecule has 25 heavy (non-hydrogen) atoms. The van der Waals surface area contributed by atoms with Gasteiger partial charge in [0.15, 0.2) is 0 Å². The molecule has 3 amide bonds. The summed E-state index contributed by atoms with van der Waals surface area (Å²) in [6, 6.07) is 6.68. The molecule has 2 aliphatic heterocycles. The number of nitrogens with zero attached hydrogens (tertiary/aromatic N) is 2. The van der Waals surface area contributed by atoms with E-state index in [1.165, 1.54) is 4.90 Å². The van der Waals surface area contributed by atoms with Gasteiger partial charge in [-0.1, -0.05) is 12.1 Å². The first kappa shape index (κ1) is 17.1. The Kier molecular flexibility index (Phi) is 4.83. The van der Waals surface area contributed by atoms with Crippen LogP contribution in [0.3, 0.4) is 0 Å². The summed E-state index contributed by atoms with van der Waals surface area (Å²) < 4.78 is 0. The van der Waals surface area contributed by atoms with Crippen molar-refractivity contribution in [2.45, 2.75) is 25.7 Å². The molecular formula is C18H20N2O5. The number of fused-ring (bicyclic) bond motifs is 1. The number of amides is 3. The Bertz CT molecular complexity index is 695. The molecule has 1 aromatic carbocycles. The fraction of sp³-hybridized carbons (Fsp3) is 0.444. The van der Waals surface area contributed by atoms with Gasteiger partial charge >= 0.3 is 5.97 Å². The summed E-state index contributed by atoms with van der Waals surface area (Å²) in [5, 5.41) is 9.08. The molecule has 2 aliphatic rings. The number of carbonyl (C=O) groups is 4. The quantitative estimate of drug-likeness (QED) is 0.815. The fourth-order valence-corrected chi connectivity index (χ4v) is 3.39. The van der Waals surface area contributed by atoms with Crippen molar-refractivity contribution in [3.05, 3.63) is 35.4 Å². The Labute approximate surface area is 145 Å². The zero-order chi connectivity index (χ0) is 18.0. The van der Waals surface area contributed by atoms with Crippen molar-refractivity contribution >= 4 is 23.7 Å². The maximum atomic E-state index is 12.3. The lowest BCUT2D eigenvalue weighted by Crippen LogP contribution is -2.42. The van der Waals surface area contributed by atoms with E-state index in [1.54, 1.807) is 29.2 Å². The summed E-state index contributed by atoms with van der Waals surface area (Å²) in [5.41, 5.74) is 0.804. The molecule has 0 aromatic heterocycles. The average Bonchev–Trinajstić information content (AvgIpc) is 2.87. The van der Waals surface area contributed by atoms with Crippen LogP contribution in [-0.2, 0) is 9.59 Å². The highest BCUT2D eigenvalue weighted by Gasteiger charge is 2.35. The van der Waals surface area contributed by atoms with Gasteiger partial charge in [-0.25, -0.2) is 0 Å². The molecule has 7 nitrogen and oxygen atoms in total. The van der Waals surface area contributed by atoms with Gasteiger partial charge in [-0.3, -0.25) is 24.1 Å². The second-order valence-corrected chi connectivity index (χ2v) is 6.43. The van der Waals surface area contributed by atoms with Gasteiger partial charge in [0.25, 0.3) is 11.8 Å². The van der Waals surface area contributed by atoms with Gasteiger partial charge in [0.1, 0.15) is 0 Å². The van der Waals surface area contributed by atoms with Crippen molar-refractivity contribution in [3.63, 3.8) is 0 Å². The molecular weight excluding hydrogens is 324 g/mol. The minimum Gasteiger partial charge on any atom is -0.481 e. The van der Waals surface area contributed by atoms with Crippen LogP contribution in [0.2, 0.25) is 0 Å². The number of likely N-dealkylation sites (tertiary alicyclic amines) is 1. The van der Waals surface area contributed by atoms with E-state index in [9.17, 15) is 19.2 Å². The third kappa shape index (κ3) is 3.40. The van der Waals surface area contributed by atoms with Gasteiger partial charge in [-0.15, -0.1) is 0 Å². The summed E-state index contributed by atoms with van der Waals surface area (Å²) in [5.74, 6) is -2.14. The number of hydrogen-bond acceptors (Lipinski definition) is 4. The van der Waals surface area contributed by atoms with Crippen molar-refractivity contribution < 1.29 is 24.3 Å². The van der Waals surface area contributed by atoms with Gasteiger partial charge in [0, 0.05) is 26.1 Å². The van der Waals surface area contributed by atoms with E-state index in [4.69, 9.17) is 5.11 Å². The maximum Gasteiger partial charge on any atom is 0.308 e. The summed E-state index contributed by atoms with van der Waals surface area (Å²) in [4.78, 5) is 50.6. The Morgan fingerprint density at radius 3 is 2.36 bits per heavy atom. The van der Waals surface area contributed by atoms with Gasteiger partial charge < -0.3 is 10.0 Å². The minimum absolute atomic E-state index is 0.123. The van der Waals surface area contributed by atoms with E-state index in [2.05, 4.69) is 0 Å².